The lowest BCUT2D eigenvalue weighted by Gasteiger charge is -2.38. The number of carboxylic acids is 1. The predicted molar refractivity (Wildman–Crippen MR) is 101 cm³/mol. The normalized spacial score (nSPS) is 24.8. The van der Waals surface area contributed by atoms with Crippen molar-refractivity contribution in [2.75, 3.05) is 26.9 Å². The molecule has 1 aliphatic heterocycles. The number of carboxylic acid groups (broad SMARTS) is 1. The molecule has 6 heteroatoms. The number of methoxy groups -OCH3 is 1. The third-order valence-electron chi connectivity index (χ3n) is 6.20. The van der Waals surface area contributed by atoms with E-state index < -0.39 is 5.97 Å². The number of carbonyl (C=O) groups excluding carboxylic acids is 1. The van der Waals surface area contributed by atoms with E-state index >= 15 is 0 Å². The molecule has 3 rings (SSSR count). The van der Waals surface area contributed by atoms with Crippen LogP contribution in [0.4, 0.5) is 0 Å². The van der Waals surface area contributed by atoms with Crippen molar-refractivity contribution in [3.05, 3.63) is 29.8 Å². The van der Waals surface area contributed by atoms with E-state index in [-0.39, 0.29) is 23.2 Å². The van der Waals surface area contributed by atoms with Crippen LogP contribution in [-0.2, 0) is 19.7 Å². The van der Waals surface area contributed by atoms with Crippen LogP contribution < -0.4 is 10.1 Å². The molecule has 0 atom stereocenters. The Morgan fingerprint density at radius 2 is 1.70 bits per heavy atom. The Balaban J connectivity index is 1.63. The smallest absolute Gasteiger partial charge is 0.306 e. The molecular formula is C21H29NO5. The van der Waals surface area contributed by atoms with Gasteiger partial charge >= 0.3 is 5.97 Å². The molecule has 1 amide bonds. The summed E-state index contributed by atoms with van der Waals surface area (Å²) < 4.78 is 10.8. The van der Waals surface area contributed by atoms with E-state index in [0.29, 0.717) is 45.4 Å². The third-order valence-corrected chi connectivity index (χ3v) is 6.20. The van der Waals surface area contributed by atoms with Gasteiger partial charge in [0.1, 0.15) is 5.75 Å². The molecule has 2 fully saturated rings. The van der Waals surface area contributed by atoms with Gasteiger partial charge in [0.25, 0.3) is 0 Å². The Labute approximate surface area is 160 Å². The summed E-state index contributed by atoms with van der Waals surface area (Å²) in [5.41, 5.74) is 1.07. The minimum atomic E-state index is -0.741. The number of rotatable bonds is 6. The standard InChI is InChI=1S/C21H29NO5/c1-26-18-8-6-17(7-9-18)21(10-12-27-13-11-21)14-22-19(23)15-2-4-16(5-3-15)20(24)25/h6-9,15-16H,2-5,10-14H2,1H3,(H,22,23)(H,24,25). The van der Waals surface area contributed by atoms with Crippen molar-refractivity contribution in [1.29, 1.82) is 0 Å². The first-order valence-corrected chi connectivity index (χ1v) is 9.77. The summed E-state index contributed by atoms with van der Waals surface area (Å²) in [5, 5.41) is 12.3. The first-order chi connectivity index (χ1) is 13.0. The van der Waals surface area contributed by atoms with Gasteiger partial charge in [-0.05, 0) is 56.2 Å². The Bertz CT molecular complexity index is 643. The van der Waals surface area contributed by atoms with Gasteiger partial charge < -0.3 is 19.9 Å². The summed E-state index contributed by atoms with van der Waals surface area (Å²) in [5.74, 6) is -0.239. The van der Waals surface area contributed by atoms with Crippen molar-refractivity contribution in [3.63, 3.8) is 0 Å². The summed E-state index contributed by atoms with van der Waals surface area (Å²) in [6, 6.07) is 8.08. The number of carbonyl (C=O) groups is 2. The van der Waals surface area contributed by atoms with E-state index in [1.54, 1.807) is 7.11 Å². The van der Waals surface area contributed by atoms with Crippen molar-refractivity contribution in [2.45, 2.75) is 43.9 Å². The van der Waals surface area contributed by atoms with Crippen molar-refractivity contribution < 1.29 is 24.2 Å². The molecular weight excluding hydrogens is 346 g/mol. The maximum Gasteiger partial charge on any atom is 0.306 e. The first kappa shape index (κ1) is 19.7. The summed E-state index contributed by atoms with van der Waals surface area (Å²) in [7, 11) is 1.65. The zero-order valence-electron chi connectivity index (χ0n) is 15.9. The quantitative estimate of drug-likeness (QED) is 0.799. The van der Waals surface area contributed by atoms with Crippen LogP contribution in [0.25, 0.3) is 0 Å². The van der Waals surface area contributed by atoms with Crippen molar-refractivity contribution in [3.8, 4) is 5.75 Å². The molecule has 27 heavy (non-hydrogen) atoms. The number of ether oxygens (including phenoxy) is 2. The molecule has 0 bridgehead atoms. The SMILES string of the molecule is COc1ccc(C2(CNC(=O)C3CCC(C(=O)O)CC3)CCOCC2)cc1. The largest absolute Gasteiger partial charge is 0.497 e. The number of benzene rings is 1. The minimum absolute atomic E-state index is 0.0539. The molecule has 1 heterocycles. The third kappa shape index (κ3) is 4.61. The lowest BCUT2D eigenvalue weighted by Crippen LogP contribution is -2.46. The monoisotopic (exact) mass is 375 g/mol. The molecule has 0 radical (unpaired) electrons. The van der Waals surface area contributed by atoms with E-state index in [2.05, 4.69) is 17.4 Å². The van der Waals surface area contributed by atoms with E-state index in [1.165, 1.54) is 5.56 Å². The molecule has 1 aromatic carbocycles. The van der Waals surface area contributed by atoms with Crippen molar-refractivity contribution in [2.24, 2.45) is 11.8 Å². The van der Waals surface area contributed by atoms with E-state index in [4.69, 9.17) is 14.6 Å². The number of hydrogen-bond donors (Lipinski definition) is 2. The highest BCUT2D eigenvalue weighted by molar-refractivity contribution is 5.79. The highest BCUT2D eigenvalue weighted by Gasteiger charge is 2.36. The lowest BCUT2D eigenvalue weighted by molar-refractivity contribution is -0.144. The van der Waals surface area contributed by atoms with Crippen LogP contribution in [0.15, 0.2) is 24.3 Å². The highest BCUT2D eigenvalue weighted by atomic mass is 16.5. The lowest BCUT2D eigenvalue weighted by atomic mass is 9.74. The number of nitrogens with one attached hydrogen (secondary N) is 1. The van der Waals surface area contributed by atoms with Gasteiger partial charge in [0.2, 0.25) is 5.91 Å². The fraction of sp³-hybridized carbons (Fsp3) is 0.619. The van der Waals surface area contributed by atoms with Crippen LogP contribution in [0.5, 0.6) is 5.75 Å². The Morgan fingerprint density at radius 1 is 1.11 bits per heavy atom. The second-order valence-corrected chi connectivity index (χ2v) is 7.73. The van der Waals surface area contributed by atoms with Gasteiger partial charge in [0, 0.05) is 31.1 Å². The van der Waals surface area contributed by atoms with Gasteiger partial charge in [-0.3, -0.25) is 9.59 Å². The summed E-state index contributed by atoms with van der Waals surface area (Å²) >= 11 is 0. The molecule has 1 aliphatic carbocycles. The molecule has 0 spiro atoms. The molecule has 1 saturated carbocycles. The van der Waals surface area contributed by atoms with Crippen molar-refractivity contribution in [1.82, 2.24) is 5.32 Å². The second kappa shape index (κ2) is 8.74. The number of hydrogen-bond acceptors (Lipinski definition) is 4. The summed E-state index contributed by atoms with van der Waals surface area (Å²) in [4.78, 5) is 23.8. The molecule has 2 N–H and O–H groups in total. The van der Waals surface area contributed by atoms with Gasteiger partial charge in [0.05, 0.1) is 13.0 Å². The van der Waals surface area contributed by atoms with Crippen LogP contribution in [0.1, 0.15) is 44.1 Å². The van der Waals surface area contributed by atoms with Gasteiger partial charge in [-0.25, -0.2) is 0 Å². The Kier molecular flexibility index (Phi) is 6.37. The molecule has 6 nitrogen and oxygen atoms in total. The molecule has 0 unspecified atom stereocenters. The van der Waals surface area contributed by atoms with Gasteiger partial charge in [-0.1, -0.05) is 12.1 Å². The van der Waals surface area contributed by atoms with E-state index in [0.717, 1.165) is 18.6 Å². The maximum absolute atomic E-state index is 12.7. The zero-order valence-corrected chi connectivity index (χ0v) is 15.9. The molecule has 148 valence electrons. The fourth-order valence-corrected chi connectivity index (χ4v) is 4.28. The predicted octanol–water partition coefficient (Wildman–Crippen LogP) is 2.75. The average Bonchev–Trinajstić information content (AvgIpc) is 2.73. The van der Waals surface area contributed by atoms with Gasteiger partial charge in [-0.15, -0.1) is 0 Å². The van der Waals surface area contributed by atoms with Crippen LogP contribution in [-0.4, -0.2) is 43.9 Å². The molecule has 2 aliphatic rings. The second-order valence-electron chi connectivity index (χ2n) is 7.73. The van der Waals surface area contributed by atoms with E-state index in [1.807, 2.05) is 12.1 Å². The topological polar surface area (TPSA) is 84.9 Å². The number of amides is 1. The van der Waals surface area contributed by atoms with Crippen LogP contribution in [0.2, 0.25) is 0 Å². The van der Waals surface area contributed by atoms with Crippen molar-refractivity contribution >= 4 is 11.9 Å². The van der Waals surface area contributed by atoms with Crippen LogP contribution >= 0.6 is 0 Å². The zero-order chi connectivity index (χ0) is 19.3. The Hall–Kier alpha value is -2.08. The number of aliphatic carboxylic acids is 1. The molecule has 1 aromatic rings. The first-order valence-electron chi connectivity index (χ1n) is 9.77. The van der Waals surface area contributed by atoms with Crippen LogP contribution in [0, 0.1) is 11.8 Å². The minimum Gasteiger partial charge on any atom is -0.497 e. The summed E-state index contributed by atoms with van der Waals surface area (Å²) in [6.07, 6.45) is 4.22. The Morgan fingerprint density at radius 3 is 2.26 bits per heavy atom. The maximum atomic E-state index is 12.7. The summed E-state index contributed by atoms with van der Waals surface area (Å²) in [6.45, 7) is 1.96. The fourth-order valence-electron chi connectivity index (χ4n) is 4.28. The molecule has 1 saturated heterocycles. The van der Waals surface area contributed by atoms with E-state index in [9.17, 15) is 9.59 Å². The highest BCUT2D eigenvalue weighted by Crippen LogP contribution is 2.36. The van der Waals surface area contributed by atoms with Crippen LogP contribution in [0.3, 0.4) is 0 Å². The molecule has 0 aromatic heterocycles. The van der Waals surface area contributed by atoms with Gasteiger partial charge in [0.15, 0.2) is 0 Å². The van der Waals surface area contributed by atoms with Gasteiger partial charge in [-0.2, -0.15) is 0 Å². The average molecular weight is 375 g/mol.